The summed E-state index contributed by atoms with van der Waals surface area (Å²) in [4.78, 5) is 0. The molecule has 3 aromatic carbocycles. The Morgan fingerprint density at radius 2 is 1.34 bits per heavy atom. The van der Waals surface area contributed by atoms with E-state index in [-0.39, 0.29) is 23.7 Å². The molecular formula is C32H35BO2. The Balaban J connectivity index is 1.37. The van der Waals surface area contributed by atoms with Gasteiger partial charge >= 0.3 is 7.12 Å². The molecule has 1 saturated heterocycles. The van der Waals surface area contributed by atoms with E-state index in [4.69, 9.17) is 9.31 Å². The average Bonchev–Trinajstić information content (AvgIpc) is 3.24. The summed E-state index contributed by atoms with van der Waals surface area (Å²) in [5.74, 6) is 3.48. The third kappa shape index (κ3) is 2.54. The molecule has 5 aliphatic carbocycles. The van der Waals surface area contributed by atoms with Crippen LogP contribution in [0.2, 0.25) is 0 Å². The molecule has 0 amide bonds. The monoisotopic (exact) mass is 462 g/mol. The quantitative estimate of drug-likeness (QED) is 0.368. The van der Waals surface area contributed by atoms with Gasteiger partial charge in [-0.15, -0.1) is 0 Å². The summed E-state index contributed by atoms with van der Waals surface area (Å²) in [5.41, 5.74) is 6.83. The van der Waals surface area contributed by atoms with Crippen molar-refractivity contribution in [3.05, 3.63) is 65.7 Å². The first-order chi connectivity index (χ1) is 16.8. The fraction of sp³-hybridized carbons (Fsp3) is 0.500. The summed E-state index contributed by atoms with van der Waals surface area (Å²) in [6, 6.07) is 21.1. The van der Waals surface area contributed by atoms with Gasteiger partial charge in [0.1, 0.15) is 0 Å². The normalized spacial score (nSPS) is 35.1. The topological polar surface area (TPSA) is 18.5 Å². The number of fused-ring (bicyclic) bond motifs is 5. The van der Waals surface area contributed by atoms with E-state index in [0.717, 1.165) is 29.1 Å². The molecule has 6 aliphatic rings. The molecule has 0 unspecified atom stereocenters. The summed E-state index contributed by atoms with van der Waals surface area (Å²) in [6.07, 6.45) is 7.14. The Kier molecular flexibility index (Phi) is 3.97. The van der Waals surface area contributed by atoms with E-state index in [1.807, 2.05) is 0 Å². The molecule has 3 aromatic rings. The third-order valence-corrected chi connectivity index (χ3v) is 11.1. The maximum atomic E-state index is 6.49. The molecule has 35 heavy (non-hydrogen) atoms. The highest BCUT2D eigenvalue weighted by molar-refractivity contribution is 6.62. The fourth-order valence-electron chi connectivity index (χ4n) is 9.11. The van der Waals surface area contributed by atoms with Crippen LogP contribution >= 0.6 is 0 Å². The Morgan fingerprint density at radius 3 is 2.03 bits per heavy atom. The molecule has 4 bridgehead atoms. The van der Waals surface area contributed by atoms with Crippen molar-refractivity contribution in [3.63, 3.8) is 0 Å². The Labute approximate surface area is 209 Å². The summed E-state index contributed by atoms with van der Waals surface area (Å²) in [5, 5.41) is 2.75. The van der Waals surface area contributed by atoms with Gasteiger partial charge < -0.3 is 9.31 Å². The van der Waals surface area contributed by atoms with E-state index in [0.29, 0.717) is 0 Å². The first-order valence-corrected chi connectivity index (χ1v) is 13.8. The van der Waals surface area contributed by atoms with Crippen LogP contribution in [0.25, 0.3) is 21.9 Å². The average molecular weight is 462 g/mol. The molecule has 178 valence electrons. The van der Waals surface area contributed by atoms with Crippen LogP contribution < -0.4 is 5.46 Å². The highest BCUT2D eigenvalue weighted by Crippen LogP contribution is 2.69. The SMILES string of the molecule is CC1(C)OB(c2ccc3c(c2)-c2c(ccc4ccccc24)C32C3CC4CC(C3)CC2C4)OC1(C)C. The van der Waals surface area contributed by atoms with E-state index in [2.05, 4.69) is 82.3 Å². The van der Waals surface area contributed by atoms with Gasteiger partial charge in [0.2, 0.25) is 0 Å². The first-order valence-electron chi connectivity index (χ1n) is 13.8. The van der Waals surface area contributed by atoms with Crippen molar-refractivity contribution in [2.75, 3.05) is 0 Å². The van der Waals surface area contributed by atoms with Crippen molar-refractivity contribution in [2.45, 2.75) is 76.4 Å². The Hall–Kier alpha value is -2.10. The fourth-order valence-corrected chi connectivity index (χ4v) is 9.11. The van der Waals surface area contributed by atoms with E-state index in [1.54, 1.807) is 11.1 Å². The van der Waals surface area contributed by atoms with Crippen molar-refractivity contribution in [2.24, 2.45) is 23.7 Å². The zero-order valence-corrected chi connectivity index (χ0v) is 21.4. The van der Waals surface area contributed by atoms with Crippen LogP contribution in [0.15, 0.2) is 54.6 Å². The van der Waals surface area contributed by atoms with Crippen LogP contribution in [0.5, 0.6) is 0 Å². The maximum Gasteiger partial charge on any atom is 0.494 e. The molecule has 5 fully saturated rings. The predicted octanol–water partition coefficient (Wildman–Crippen LogP) is 6.86. The lowest BCUT2D eigenvalue weighted by molar-refractivity contribution is -0.0399. The molecular weight excluding hydrogens is 427 g/mol. The second kappa shape index (κ2) is 6.61. The minimum absolute atomic E-state index is 0.191. The van der Waals surface area contributed by atoms with Crippen LogP contribution in [0.4, 0.5) is 0 Å². The highest BCUT2D eigenvalue weighted by Gasteiger charge is 2.62. The molecule has 0 aromatic heterocycles. The second-order valence-electron chi connectivity index (χ2n) is 13.3. The zero-order valence-electron chi connectivity index (χ0n) is 21.4. The van der Waals surface area contributed by atoms with Gasteiger partial charge in [0, 0.05) is 5.41 Å². The van der Waals surface area contributed by atoms with Gasteiger partial charge in [-0.2, -0.15) is 0 Å². The summed E-state index contributed by atoms with van der Waals surface area (Å²) in [7, 11) is -0.321. The molecule has 1 aliphatic heterocycles. The van der Waals surface area contributed by atoms with Gasteiger partial charge in [-0.25, -0.2) is 0 Å². The largest absolute Gasteiger partial charge is 0.494 e. The Bertz CT molecular complexity index is 1340. The van der Waals surface area contributed by atoms with Crippen molar-refractivity contribution in [1.29, 1.82) is 0 Å². The first kappa shape index (κ1) is 21.0. The minimum atomic E-state index is -0.329. The lowest BCUT2D eigenvalue weighted by Gasteiger charge is -2.61. The Morgan fingerprint density at radius 1 is 0.714 bits per heavy atom. The summed E-state index contributed by atoms with van der Waals surface area (Å²) >= 11 is 0. The number of benzene rings is 3. The molecule has 1 heterocycles. The minimum Gasteiger partial charge on any atom is -0.399 e. The van der Waals surface area contributed by atoms with Gasteiger partial charge in [-0.05, 0) is 122 Å². The van der Waals surface area contributed by atoms with E-state index >= 15 is 0 Å². The van der Waals surface area contributed by atoms with Crippen molar-refractivity contribution in [3.8, 4) is 11.1 Å². The van der Waals surface area contributed by atoms with Crippen molar-refractivity contribution >= 4 is 23.4 Å². The highest BCUT2D eigenvalue weighted by atomic mass is 16.7. The number of hydrogen-bond acceptors (Lipinski definition) is 2. The zero-order chi connectivity index (χ0) is 23.7. The second-order valence-corrected chi connectivity index (χ2v) is 13.3. The summed E-state index contributed by atoms with van der Waals surface area (Å²) < 4.78 is 13.0. The lowest BCUT2D eigenvalue weighted by Crippen LogP contribution is -2.55. The molecule has 3 heteroatoms. The predicted molar refractivity (Wildman–Crippen MR) is 143 cm³/mol. The molecule has 2 nitrogen and oxygen atoms in total. The molecule has 0 atom stereocenters. The number of rotatable bonds is 1. The van der Waals surface area contributed by atoms with E-state index < -0.39 is 0 Å². The number of hydrogen-bond donors (Lipinski definition) is 0. The van der Waals surface area contributed by atoms with Gasteiger partial charge in [-0.3, -0.25) is 0 Å². The molecule has 0 radical (unpaired) electrons. The van der Waals surface area contributed by atoms with Crippen LogP contribution in [-0.2, 0) is 14.7 Å². The standard InChI is InChI=1S/C32H35BO2/c1-30(2)31(3,4)35-33(34-30)24-10-12-27-26(18-24)29-25-8-6-5-7-21(25)9-11-28(29)32(27)22-14-19-13-20(16-22)17-23(32)15-19/h5-12,18-20,22-23H,13-17H2,1-4H3. The van der Waals surface area contributed by atoms with Gasteiger partial charge in [-0.1, -0.05) is 54.6 Å². The van der Waals surface area contributed by atoms with Crippen LogP contribution in [-0.4, -0.2) is 18.3 Å². The van der Waals surface area contributed by atoms with Crippen LogP contribution in [0, 0.1) is 23.7 Å². The molecule has 1 spiro atoms. The smallest absolute Gasteiger partial charge is 0.399 e. The molecule has 0 N–H and O–H groups in total. The van der Waals surface area contributed by atoms with E-state index in [1.165, 1.54) is 54.0 Å². The lowest BCUT2D eigenvalue weighted by atomic mass is 9.43. The maximum absolute atomic E-state index is 6.49. The van der Waals surface area contributed by atoms with Gasteiger partial charge in [0.25, 0.3) is 0 Å². The van der Waals surface area contributed by atoms with Gasteiger partial charge in [0.05, 0.1) is 11.2 Å². The van der Waals surface area contributed by atoms with Crippen LogP contribution in [0.3, 0.4) is 0 Å². The third-order valence-electron chi connectivity index (χ3n) is 11.1. The van der Waals surface area contributed by atoms with Gasteiger partial charge in [0.15, 0.2) is 0 Å². The van der Waals surface area contributed by atoms with E-state index in [9.17, 15) is 0 Å². The van der Waals surface area contributed by atoms with Crippen LogP contribution in [0.1, 0.15) is 70.9 Å². The molecule has 9 rings (SSSR count). The summed E-state index contributed by atoms with van der Waals surface area (Å²) in [6.45, 7) is 8.58. The molecule has 4 saturated carbocycles. The van der Waals surface area contributed by atoms with Crippen molar-refractivity contribution < 1.29 is 9.31 Å². The van der Waals surface area contributed by atoms with Crippen molar-refractivity contribution in [1.82, 2.24) is 0 Å².